The molecule has 0 unspecified atom stereocenters. The van der Waals surface area contributed by atoms with Crippen molar-refractivity contribution in [1.82, 2.24) is 0 Å². The second-order valence-corrected chi connectivity index (χ2v) is 3.72. The summed E-state index contributed by atoms with van der Waals surface area (Å²) >= 11 is 0. The number of anilines is 1. The Hall–Kier alpha value is -2.30. The van der Waals surface area contributed by atoms with E-state index in [0.717, 1.165) is 17.7 Å². The Morgan fingerprint density at radius 2 is 2.00 bits per heavy atom. The van der Waals surface area contributed by atoms with Gasteiger partial charge in [0.15, 0.2) is 0 Å². The number of likely N-dealkylation sites (N-methyl/N-ethyl adjacent to an activating group) is 1. The standard InChI is InChI=1S/C13H15NO4/c1-3-14(12(16)6-7-13(17)18)11-8-10(15)5-4-9(11)2/h4-8,15H,3H2,1-2H3,(H,17,18)/b7-6+. The minimum atomic E-state index is -1.17. The highest BCUT2D eigenvalue weighted by Gasteiger charge is 2.14. The van der Waals surface area contributed by atoms with Crippen molar-refractivity contribution in [2.75, 3.05) is 11.4 Å². The van der Waals surface area contributed by atoms with Crippen LogP contribution in [0, 0.1) is 6.92 Å². The minimum Gasteiger partial charge on any atom is -0.508 e. The van der Waals surface area contributed by atoms with Crippen LogP contribution in [0.1, 0.15) is 12.5 Å². The van der Waals surface area contributed by atoms with E-state index in [1.807, 2.05) is 6.92 Å². The van der Waals surface area contributed by atoms with Gasteiger partial charge in [-0.15, -0.1) is 0 Å². The number of aliphatic carboxylic acids is 1. The molecule has 0 radical (unpaired) electrons. The fourth-order valence-electron chi connectivity index (χ4n) is 1.57. The Labute approximate surface area is 105 Å². The van der Waals surface area contributed by atoms with Crippen LogP contribution >= 0.6 is 0 Å². The molecule has 0 saturated heterocycles. The van der Waals surface area contributed by atoms with Gasteiger partial charge in [0.1, 0.15) is 5.75 Å². The number of carbonyl (C=O) groups excluding carboxylic acids is 1. The number of rotatable bonds is 4. The molecular weight excluding hydrogens is 234 g/mol. The SMILES string of the molecule is CCN(C(=O)/C=C/C(=O)O)c1cc(O)ccc1C. The van der Waals surface area contributed by atoms with Gasteiger partial charge in [-0.1, -0.05) is 6.07 Å². The van der Waals surface area contributed by atoms with Crippen molar-refractivity contribution in [3.63, 3.8) is 0 Å². The Morgan fingerprint density at radius 3 is 2.56 bits per heavy atom. The first-order chi connectivity index (χ1) is 8.45. The number of amides is 1. The number of carbonyl (C=O) groups is 2. The smallest absolute Gasteiger partial charge is 0.328 e. The summed E-state index contributed by atoms with van der Waals surface area (Å²) in [6.45, 7) is 3.97. The minimum absolute atomic E-state index is 0.0593. The first-order valence-electron chi connectivity index (χ1n) is 5.47. The maximum Gasteiger partial charge on any atom is 0.328 e. The number of aryl methyl sites for hydroxylation is 1. The van der Waals surface area contributed by atoms with Gasteiger partial charge in [-0.25, -0.2) is 4.79 Å². The largest absolute Gasteiger partial charge is 0.508 e. The molecule has 1 aromatic rings. The molecule has 0 spiro atoms. The van der Waals surface area contributed by atoms with Crippen LogP contribution in [0.2, 0.25) is 0 Å². The molecule has 0 aliphatic rings. The van der Waals surface area contributed by atoms with E-state index in [9.17, 15) is 14.7 Å². The summed E-state index contributed by atoms with van der Waals surface area (Å²) in [6, 6.07) is 4.71. The Bertz CT molecular complexity index is 494. The predicted molar refractivity (Wildman–Crippen MR) is 67.6 cm³/mol. The second kappa shape index (κ2) is 5.86. The average molecular weight is 249 g/mol. The van der Waals surface area contributed by atoms with Gasteiger partial charge in [-0.3, -0.25) is 4.79 Å². The first-order valence-corrected chi connectivity index (χ1v) is 5.47. The van der Waals surface area contributed by atoms with Crippen LogP contribution in [-0.4, -0.2) is 28.6 Å². The molecule has 5 heteroatoms. The number of phenolic OH excluding ortho intramolecular Hbond substituents is 1. The fourth-order valence-corrected chi connectivity index (χ4v) is 1.57. The number of hydrogen-bond donors (Lipinski definition) is 2. The van der Waals surface area contributed by atoms with Crippen molar-refractivity contribution >= 4 is 17.6 Å². The molecule has 1 rings (SSSR count). The maximum absolute atomic E-state index is 11.8. The van der Waals surface area contributed by atoms with Crippen LogP contribution in [0.4, 0.5) is 5.69 Å². The van der Waals surface area contributed by atoms with Crippen LogP contribution in [-0.2, 0) is 9.59 Å². The van der Waals surface area contributed by atoms with Gasteiger partial charge in [0.25, 0.3) is 5.91 Å². The molecule has 0 aliphatic heterocycles. The van der Waals surface area contributed by atoms with E-state index in [1.165, 1.54) is 17.0 Å². The van der Waals surface area contributed by atoms with E-state index in [1.54, 1.807) is 13.0 Å². The summed E-state index contributed by atoms with van der Waals surface area (Å²) in [4.78, 5) is 23.6. The quantitative estimate of drug-likeness (QED) is 0.796. The van der Waals surface area contributed by atoms with Crippen molar-refractivity contribution in [1.29, 1.82) is 0 Å². The molecule has 0 fully saturated rings. The molecule has 18 heavy (non-hydrogen) atoms. The third kappa shape index (κ3) is 3.35. The highest BCUT2D eigenvalue weighted by molar-refractivity contribution is 6.04. The summed E-state index contributed by atoms with van der Waals surface area (Å²) in [5.74, 6) is -1.55. The molecule has 5 nitrogen and oxygen atoms in total. The van der Waals surface area contributed by atoms with Crippen molar-refractivity contribution in [3.8, 4) is 5.75 Å². The van der Waals surface area contributed by atoms with E-state index in [-0.39, 0.29) is 5.75 Å². The van der Waals surface area contributed by atoms with Gasteiger partial charge in [0, 0.05) is 24.8 Å². The van der Waals surface area contributed by atoms with Crippen LogP contribution in [0.25, 0.3) is 0 Å². The van der Waals surface area contributed by atoms with E-state index >= 15 is 0 Å². The molecule has 2 N–H and O–H groups in total. The molecule has 0 aliphatic carbocycles. The van der Waals surface area contributed by atoms with Gasteiger partial charge in [-0.05, 0) is 25.5 Å². The van der Waals surface area contributed by atoms with E-state index < -0.39 is 11.9 Å². The number of benzene rings is 1. The van der Waals surface area contributed by atoms with E-state index in [0.29, 0.717) is 12.2 Å². The summed E-state index contributed by atoms with van der Waals surface area (Å²) in [5, 5.41) is 17.9. The monoisotopic (exact) mass is 249 g/mol. The number of nitrogens with zero attached hydrogens (tertiary/aromatic N) is 1. The second-order valence-electron chi connectivity index (χ2n) is 3.72. The summed E-state index contributed by atoms with van der Waals surface area (Å²) in [5.41, 5.74) is 1.39. The lowest BCUT2D eigenvalue weighted by Gasteiger charge is -2.21. The molecule has 1 aromatic carbocycles. The summed E-state index contributed by atoms with van der Waals surface area (Å²) in [6.07, 6.45) is 1.79. The zero-order valence-electron chi connectivity index (χ0n) is 10.3. The lowest BCUT2D eigenvalue weighted by molar-refractivity contribution is -0.131. The highest BCUT2D eigenvalue weighted by atomic mass is 16.4. The van der Waals surface area contributed by atoms with Gasteiger partial charge < -0.3 is 15.1 Å². The fraction of sp³-hybridized carbons (Fsp3) is 0.231. The highest BCUT2D eigenvalue weighted by Crippen LogP contribution is 2.25. The number of aromatic hydroxyl groups is 1. The third-order valence-corrected chi connectivity index (χ3v) is 2.43. The van der Waals surface area contributed by atoms with Crippen molar-refractivity contribution in [2.45, 2.75) is 13.8 Å². The lowest BCUT2D eigenvalue weighted by atomic mass is 10.1. The zero-order valence-corrected chi connectivity index (χ0v) is 10.3. The van der Waals surface area contributed by atoms with Gasteiger partial charge in [0.2, 0.25) is 0 Å². The molecule has 0 heterocycles. The Balaban J connectivity index is 3.06. The lowest BCUT2D eigenvalue weighted by Crippen LogP contribution is -2.29. The molecule has 0 atom stereocenters. The third-order valence-electron chi connectivity index (χ3n) is 2.43. The number of phenols is 1. The number of hydrogen-bond acceptors (Lipinski definition) is 3. The number of carboxylic acids is 1. The van der Waals surface area contributed by atoms with Crippen LogP contribution in [0.15, 0.2) is 30.4 Å². The predicted octanol–water partition coefficient (Wildman–Crippen LogP) is 1.69. The Morgan fingerprint density at radius 1 is 1.33 bits per heavy atom. The molecule has 96 valence electrons. The van der Waals surface area contributed by atoms with Crippen molar-refractivity contribution < 1.29 is 19.8 Å². The molecule has 1 amide bonds. The average Bonchev–Trinajstić information content (AvgIpc) is 2.32. The topological polar surface area (TPSA) is 77.8 Å². The van der Waals surface area contributed by atoms with Gasteiger partial charge >= 0.3 is 5.97 Å². The zero-order chi connectivity index (χ0) is 13.7. The van der Waals surface area contributed by atoms with Gasteiger partial charge in [-0.2, -0.15) is 0 Å². The number of carboxylic acid groups (broad SMARTS) is 1. The van der Waals surface area contributed by atoms with Crippen LogP contribution < -0.4 is 4.90 Å². The van der Waals surface area contributed by atoms with Crippen LogP contribution in [0.3, 0.4) is 0 Å². The van der Waals surface area contributed by atoms with E-state index in [2.05, 4.69) is 0 Å². The maximum atomic E-state index is 11.8. The van der Waals surface area contributed by atoms with Gasteiger partial charge in [0.05, 0.1) is 5.69 Å². The molecule has 0 saturated carbocycles. The van der Waals surface area contributed by atoms with Crippen molar-refractivity contribution in [3.05, 3.63) is 35.9 Å². The molecule has 0 bridgehead atoms. The van der Waals surface area contributed by atoms with Crippen molar-refractivity contribution in [2.24, 2.45) is 0 Å². The Kier molecular flexibility index (Phi) is 4.48. The van der Waals surface area contributed by atoms with E-state index in [4.69, 9.17) is 5.11 Å². The molecule has 0 aromatic heterocycles. The molecular formula is C13H15NO4. The van der Waals surface area contributed by atoms with Crippen LogP contribution in [0.5, 0.6) is 5.75 Å². The first kappa shape index (κ1) is 13.8. The normalized spacial score (nSPS) is 10.6. The summed E-state index contributed by atoms with van der Waals surface area (Å²) < 4.78 is 0. The summed E-state index contributed by atoms with van der Waals surface area (Å²) in [7, 11) is 0.